The van der Waals surface area contributed by atoms with Gasteiger partial charge in [-0.05, 0) is 12.1 Å². The summed E-state index contributed by atoms with van der Waals surface area (Å²) < 4.78 is 50.5. The fourth-order valence-electron chi connectivity index (χ4n) is 2.23. The molecule has 1 N–H and O–H groups in total. The number of carbonyl (C=O) groups is 1. The van der Waals surface area contributed by atoms with Crippen molar-refractivity contribution in [1.29, 1.82) is 0 Å². The summed E-state index contributed by atoms with van der Waals surface area (Å²) in [5, 5.41) is 10.2. The molecule has 27 heavy (non-hydrogen) atoms. The van der Waals surface area contributed by atoms with Crippen molar-refractivity contribution in [3.05, 3.63) is 35.9 Å². The van der Waals surface area contributed by atoms with Crippen molar-refractivity contribution in [3.63, 3.8) is 0 Å². The predicted octanol–water partition coefficient (Wildman–Crippen LogP) is 2.62. The molecule has 148 valence electrons. The Labute approximate surface area is 153 Å². The minimum absolute atomic E-state index is 0.0120. The quantitative estimate of drug-likeness (QED) is 0.790. The van der Waals surface area contributed by atoms with Crippen LogP contribution in [0.15, 0.2) is 24.5 Å². The summed E-state index contributed by atoms with van der Waals surface area (Å²) in [5.74, 6) is 0.508. The van der Waals surface area contributed by atoms with Gasteiger partial charge in [-0.25, -0.2) is 4.79 Å². The molecular weight excluding hydrogens is 367 g/mol. The second kappa shape index (κ2) is 8.71. The van der Waals surface area contributed by atoms with Crippen LogP contribution in [0.25, 0.3) is 0 Å². The highest BCUT2D eigenvalue weighted by atomic mass is 19.4. The van der Waals surface area contributed by atoms with Crippen LogP contribution in [0.1, 0.15) is 11.4 Å². The smallest absolute Gasteiger partial charge is 0.416 e. The van der Waals surface area contributed by atoms with E-state index >= 15 is 0 Å². The maximum absolute atomic E-state index is 13.0. The Bertz CT molecular complexity index is 779. The van der Waals surface area contributed by atoms with Crippen molar-refractivity contribution in [1.82, 2.24) is 19.7 Å². The van der Waals surface area contributed by atoms with Crippen LogP contribution in [0.5, 0.6) is 5.75 Å². The van der Waals surface area contributed by atoms with E-state index in [1.165, 1.54) is 31.5 Å². The lowest BCUT2D eigenvalue weighted by molar-refractivity contribution is -0.137. The summed E-state index contributed by atoms with van der Waals surface area (Å²) in [6.07, 6.45) is -3.05. The van der Waals surface area contributed by atoms with E-state index in [4.69, 9.17) is 9.47 Å². The summed E-state index contributed by atoms with van der Waals surface area (Å²) in [5.41, 5.74) is -0.946. The summed E-state index contributed by atoms with van der Waals surface area (Å²) in [7, 11) is 4.31. The molecule has 1 aromatic heterocycles. The van der Waals surface area contributed by atoms with Crippen molar-refractivity contribution in [2.24, 2.45) is 0 Å². The molecule has 2 amide bonds. The number of urea groups is 1. The number of methoxy groups -OCH3 is 2. The number of ether oxygens (including phenoxy) is 2. The number of amides is 2. The first-order chi connectivity index (χ1) is 12.7. The Morgan fingerprint density at radius 3 is 2.67 bits per heavy atom. The van der Waals surface area contributed by atoms with E-state index < -0.39 is 17.8 Å². The number of hydrogen-bond donors (Lipinski definition) is 1. The Hall–Kier alpha value is -2.82. The van der Waals surface area contributed by atoms with Gasteiger partial charge in [-0.2, -0.15) is 13.2 Å². The maximum atomic E-state index is 13.0. The van der Waals surface area contributed by atoms with Crippen molar-refractivity contribution < 1.29 is 27.4 Å². The molecule has 1 heterocycles. The fourth-order valence-corrected chi connectivity index (χ4v) is 2.23. The Balaban J connectivity index is 2.09. The number of halogens is 3. The van der Waals surface area contributed by atoms with Gasteiger partial charge in [-0.3, -0.25) is 0 Å². The van der Waals surface area contributed by atoms with E-state index in [1.54, 1.807) is 11.7 Å². The van der Waals surface area contributed by atoms with Crippen LogP contribution in [0.3, 0.4) is 0 Å². The molecule has 0 aliphatic rings. The predicted molar refractivity (Wildman–Crippen MR) is 90.4 cm³/mol. The largest absolute Gasteiger partial charge is 0.497 e. The first kappa shape index (κ1) is 20.5. The van der Waals surface area contributed by atoms with Crippen LogP contribution >= 0.6 is 0 Å². The van der Waals surface area contributed by atoms with Gasteiger partial charge in [0.1, 0.15) is 12.1 Å². The summed E-state index contributed by atoms with van der Waals surface area (Å²) >= 11 is 0. The monoisotopic (exact) mass is 387 g/mol. The van der Waals surface area contributed by atoms with Crippen LogP contribution < -0.4 is 10.1 Å². The van der Waals surface area contributed by atoms with Crippen LogP contribution in [0.2, 0.25) is 0 Å². The van der Waals surface area contributed by atoms with Crippen molar-refractivity contribution >= 4 is 11.7 Å². The van der Waals surface area contributed by atoms with E-state index in [1.807, 2.05) is 0 Å². The highest BCUT2D eigenvalue weighted by molar-refractivity contribution is 5.89. The molecule has 0 unspecified atom stereocenters. The van der Waals surface area contributed by atoms with Gasteiger partial charge in [0.15, 0.2) is 5.82 Å². The highest BCUT2D eigenvalue weighted by Crippen LogP contribution is 2.34. The topological polar surface area (TPSA) is 81.5 Å². The number of anilines is 1. The SMILES string of the molecule is COCCn1cnnc1CN(C)C(=O)Nc1cc(OC)cc(C(F)(F)F)c1. The second-order valence-electron chi connectivity index (χ2n) is 5.67. The first-order valence-electron chi connectivity index (χ1n) is 7.88. The zero-order valence-corrected chi connectivity index (χ0v) is 15.1. The van der Waals surface area contributed by atoms with E-state index in [2.05, 4.69) is 15.5 Å². The zero-order valence-electron chi connectivity index (χ0n) is 15.1. The third kappa shape index (κ3) is 5.58. The summed E-state index contributed by atoms with van der Waals surface area (Å²) in [4.78, 5) is 13.6. The Kier molecular flexibility index (Phi) is 6.61. The lowest BCUT2D eigenvalue weighted by Gasteiger charge is -2.19. The molecule has 0 saturated carbocycles. The molecule has 0 aliphatic heterocycles. The second-order valence-corrected chi connectivity index (χ2v) is 5.67. The normalized spacial score (nSPS) is 11.3. The number of nitrogens with zero attached hydrogens (tertiary/aromatic N) is 4. The molecule has 0 fully saturated rings. The van der Waals surface area contributed by atoms with Crippen LogP contribution in [0.4, 0.5) is 23.7 Å². The number of hydrogen-bond acceptors (Lipinski definition) is 5. The number of rotatable bonds is 7. The molecule has 1 aromatic carbocycles. The third-order valence-electron chi connectivity index (χ3n) is 3.68. The fraction of sp³-hybridized carbons (Fsp3) is 0.438. The van der Waals surface area contributed by atoms with E-state index in [-0.39, 0.29) is 18.0 Å². The minimum atomic E-state index is -4.56. The first-order valence-corrected chi connectivity index (χ1v) is 7.88. The maximum Gasteiger partial charge on any atom is 0.416 e. The molecule has 0 atom stereocenters. The zero-order chi connectivity index (χ0) is 20.0. The highest BCUT2D eigenvalue weighted by Gasteiger charge is 2.31. The van der Waals surface area contributed by atoms with Crippen LogP contribution in [-0.2, 0) is 24.0 Å². The van der Waals surface area contributed by atoms with E-state index in [0.717, 1.165) is 12.1 Å². The van der Waals surface area contributed by atoms with Crippen molar-refractivity contribution in [3.8, 4) is 5.75 Å². The van der Waals surface area contributed by atoms with E-state index in [9.17, 15) is 18.0 Å². The van der Waals surface area contributed by atoms with Crippen LogP contribution in [0, 0.1) is 0 Å². The molecule has 0 bridgehead atoms. The van der Waals surface area contributed by atoms with Gasteiger partial charge in [0.05, 0.1) is 25.8 Å². The van der Waals surface area contributed by atoms with Gasteiger partial charge >= 0.3 is 12.2 Å². The average Bonchev–Trinajstić information content (AvgIpc) is 3.05. The number of benzene rings is 1. The van der Waals surface area contributed by atoms with Gasteiger partial charge in [0.25, 0.3) is 0 Å². The number of aromatic nitrogens is 3. The van der Waals surface area contributed by atoms with Gasteiger partial charge in [0, 0.05) is 32.5 Å². The standard InChI is InChI=1S/C16H20F3N5O3/c1-23(9-14-22-20-10-24(14)4-5-26-2)15(25)21-12-6-11(16(17,18)19)7-13(8-12)27-3/h6-8,10H,4-5,9H2,1-3H3,(H,21,25). The minimum Gasteiger partial charge on any atom is -0.497 e. The number of nitrogens with one attached hydrogen (secondary N) is 1. The number of alkyl halides is 3. The summed E-state index contributed by atoms with van der Waals surface area (Å²) in [6.45, 7) is 1.08. The summed E-state index contributed by atoms with van der Waals surface area (Å²) in [6, 6.07) is 2.41. The molecule has 0 saturated heterocycles. The molecule has 8 nitrogen and oxygen atoms in total. The van der Waals surface area contributed by atoms with E-state index in [0.29, 0.717) is 19.0 Å². The third-order valence-corrected chi connectivity index (χ3v) is 3.68. The van der Waals surface area contributed by atoms with Crippen molar-refractivity contribution in [2.45, 2.75) is 19.3 Å². The van der Waals surface area contributed by atoms with Crippen LogP contribution in [-0.4, -0.2) is 53.6 Å². The van der Waals surface area contributed by atoms with Crippen molar-refractivity contribution in [2.75, 3.05) is 33.2 Å². The molecule has 2 aromatic rings. The molecule has 0 aliphatic carbocycles. The van der Waals surface area contributed by atoms with Gasteiger partial charge in [0.2, 0.25) is 0 Å². The Morgan fingerprint density at radius 1 is 1.30 bits per heavy atom. The average molecular weight is 387 g/mol. The molecule has 2 rings (SSSR count). The number of carbonyl (C=O) groups excluding carboxylic acids is 1. The molecular formula is C16H20F3N5O3. The Morgan fingerprint density at radius 2 is 2.04 bits per heavy atom. The van der Waals surface area contributed by atoms with Gasteiger partial charge in [-0.1, -0.05) is 0 Å². The lowest BCUT2D eigenvalue weighted by atomic mass is 10.2. The lowest BCUT2D eigenvalue weighted by Crippen LogP contribution is -2.32. The molecule has 0 radical (unpaired) electrons. The molecule has 0 spiro atoms. The molecule has 11 heteroatoms. The van der Waals surface area contributed by atoms with Gasteiger partial charge < -0.3 is 24.3 Å². The van der Waals surface area contributed by atoms with Gasteiger partial charge in [-0.15, -0.1) is 10.2 Å².